The maximum absolute atomic E-state index is 11.5. The molecule has 5 nitrogen and oxygen atoms in total. The number of esters is 1. The maximum Gasteiger partial charge on any atom is 0.347 e. The van der Waals surface area contributed by atoms with Gasteiger partial charge >= 0.3 is 11.7 Å². The van der Waals surface area contributed by atoms with Gasteiger partial charge < -0.3 is 4.74 Å². The van der Waals surface area contributed by atoms with Crippen LogP contribution in [0, 0.1) is 12.3 Å². The molecule has 5 heteroatoms. The zero-order chi connectivity index (χ0) is 12.3. The molecule has 0 atom stereocenters. The quantitative estimate of drug-likeness (QED) is 0.711. The van der Waals surface area contributed by atoms with Gasteiger partial charge in [0.25, 0.3) is 0 Å². The molecule has 0 spiro atoms. The zero-order valence-corrected chi connectivity index (χ0v) is 9.98. The number of hydrogen-bond acceptors (Lipinski definition) is 4. The van der Waals surface area contributed by atoms with E-state index < -0.39 is 5.41 Å². The van der Waals surface area contributed by atoms with Crippen molar-refractivity contribution in [2.45, 2.75) is 27.3 Å². The monoisotopic (exact) mass is 224 g/mol. The minimum atomic E-state index is -0.742. The Labute approximate surface area is 94.1 Å². The number of carbonyl (C=O) groups excluding carboxylic acids is 1. The molecule has 0 aliphatic rings. The second kappa shape index (κ2) is 4.47. The smallest absolute Gasteiger partial charge is 0.347 e. The first-order valence-corrected chi connectivity index (χ1v) is 4.98. The fourth-order valence-electron chi connectivity index (χ4n) is 1.45. The van der Waals surface area contributed by atoms with Gasteiger partial charge in [-0.15, -0.1) is 0 Å². The van der Waals surface area contributed by atoms with Crippen LogP contribution in [0.4, 0.5) is 0 Å². The van der Waals surface area contributed by atoms with Gasteiger partial charge in [-0.05, 0) is 26.3 Å². The topological polar surface area (TPSA) is 61.2 Å². The summed E-state index contributed by atoms with van der Waals surface area (Å²) in [5, 5.41) is 0. The van der Waals surface area contributed by atoms with Gasteiger partial charge in [0.05, 0.1) is 12.5 Å². The van der Waals surface area contributed by atoms with E-state index in [4.69, 9.17) is 0 Å². The Morgan fingerprint density at radius 3 is 2.75 bits per heavy atom. The second-order valence-corrected chi connectivity index (χ2v) is 4.42. The summed E-state index contributed by atoms with van der Waals surface area (Å²) in [5.41, 5.74) is -0.225. The van der Waals surface area contributed by atoms with Crippen LogP contribution >= 0.6 is 0 Å². The third-order valence-electron chi connectivity index (χ3n) is 2.29. The number of rotatable bonds is 3. The summed E-state index contributed by atoms with van der Waals surface area (Å²) < 4.78 is 6.11. The molecule has 16 heavy (non-hydrogen) atoms. The average Bonchev–Trinajstić information content (AvgIpc) is 2.22. The number of carbonyl (C=O) groups is 1. The van der Waals surface area contributed by atoms with Crippen molar-refractivity contribution in [2.75, 3.05) is 7.11 Å². The van der Waals surface area contributed by atoms with Crippen LogP contribution in [0.25, 0.3) is 0 Å². The molecule has 88 valence electrons. The standard InChI is InChI=1S/C11H16N2O3/c1-8-5-12-10(15)13(6-8)7-11(2,3)9(14)16-4/h5-6H,7H2,1-4H3. The molecule has 0 radical (unpaired) electrons. The zero-order valence-electron chi connectivity index (χ0n) is 9.98. The molecule has 1 aromatic heterocycles. The van der Waals surface area contributed by atoms with Crippen LogP contribution in [0.1, 0.15) is 19.4 Å². The van der Waals surface area contributed by atoms with Gasteiger partial charge in [-0.1, -0.05) is 0 Å². The van der Waals surface area contributed by atoms with Gasteiger partial charge in [0, 0.05) is 18.9 Å². The van der Waals surface area contributed by atoms with E-state index >= 15 is 0 Å². The highest BCUT2D eigenvalue weighted by molar-refractivity contribution is 5.75. The third-order valence-corrected chi connectivity index (χ3v) is 2.29. The van der Waals surface area contributed by atoms with E-state index in [2.05, 4.69) is 9.72 Å². The van der Waals surface area contributed by atoms with Crippen LogP contribution in [-0.2, 0) is 16.1 Å². The van der Waals surface area contributed by atoms with E-state index in [1.54, 1.807) is 20.0 Å². The SMILES string of the molecule is COC(=O)C(C)(C)Cn1cc(C)cnc1=O. The van der Waals surface area contributed by atoms with Crippen molar-refractivity contribution in [3.8, 4) is 0 Å². The van der Waals surface area contributed by atoms with Crippen molar-refractivity contribution in [2.24, 2.45) is 5.41 Å². The molecule has 0 fully saturated rings. The van der Waals surface area contributed by atoms with Gasteiger partial charge in [-0.25, -0.2) is 9.78 Å². The first-order valence-electron chi connectivity index (χ1n) is 4.98. The summed E-state index contributed by atoms with van der Waals surface area (Å²) in [4.78, 5) is 26.6. The first kappa shape index (κ1) is 12.4. The van der Waals surface area contributed by atoms with E-state index in [9.17, 15) is 9.59 Å². The molecular formula is C11H16N2O3. The summed E-state index contributed by atoms with van der Waals surface area (Å²) >= 11 is 0. The highest BCUT2D eigenvalue weighted by Crippen LogP contribution is 2.18. The molecule has 0 saturated carbocycles. The van der Waals surface area contributed by atoms with Gasteiger partial charge in [-0.3, -0.25) is 9.36 Å². The summed E-state index contributed by atoms with van der Waals surface area (Å²) in [7, 11) is 1.33. The van der Waals surface area contributed by atoms with E-state index in [0.29, 0.717) is 0 Å². The summed E-state index contributed by atoms with van der Waals surface area (Å²) in [6, 6.07) is 0. The Bertz CT molecular complexity index is 449. The lowest BCUT2D eigenvalue weighted by molar-refractivity contribution is -0.151. The van der Waals surface area contributed by atoms with Crippen LogP contribution in [0.5, 0.6) is 0 Å². The van der Waals surface area contributed by atoms with Gasteiger partial charge in [0.2, 0.25) is 0 Å². The number of aryl methyl sites for hydroxylation is 1. The first-order chi connectivity index (χ1) is 7.36. The molecule has 0 saturated heterocycles. The largest absolute Gasteiger partial charge is 0.469 e. The lowest BCUT2D eigenvalue weighted by Gasteiger charge is -2.22. The third kappa shape index (κ3) is 2.68. The predicted molar refractivity (Wildman–Crippen MR) is 59.0 cm³/mol. The Kier molecular flexibility index (Phi) is 3.47. The molecule has 0 bridgehead atoms. The number of nitrogens with zero attached hydrogens (tertiary/aromatic N) is 2. The molecule has 0 amide bonds. The molecule has 1 rings (SSSR count). The molecular weight excluding hydrogens is 208 g/mol. The number of ether oxygens (including phenoxy) is 1. The summed E-state index contributed by atoms with van der Waals surface area (Å²) in [6.45, 7) is 5.56. The van der Waals surface area contributed by atoms with Crippen LogP contribution in [0.3, 0.4) is 0 Å². The van der Waals surface area contributed by atoms with Crippen molar-refractivity contribution >= 4 is 5.97 Å². The molecule has 1 aromatic rings. The van der Waals surface area contributed by atoms with Crippen molar-refractivity contribution in [3.63, 3.8) is 0 Å². The molecule has 0 aromatic carbocycles. The Balaban J connectivity index is 3.00. The minimum absolute atomic E-state index is 0.257. The average molecular weight is 224 g/mol. The number of hydrogen-bond donors (Lipinski definition) is 0. The van der Waals surface area contributed by atoms with Crippen LogP contribution in [0.15, 0.2) is 17.2 Å². The van der Waals surface area contributed by atoms with Crippen molar-refractivity contribution in [1.29, 1.82) is 0 Å². The van der Waals surface area contributed by atoms with Crippen LogP contribution in [-0.4, -0.2) is 22.6 Å². The Morgan fingerprint density at radius 1 is 1.56 bits per heavy atom. The Hall–Kier alpha value is -1.65. The van der Waals surface area contributed by atoms with E-state index in [0.717, 1.165) is 5.56 Å². The molecule has 0 aliphatic heterocycles. The van der Waals surface area contributed by atoms with Crippen molar-refractivity contribution in [1.82, 2.24) is 9.55 Å². The molecule has 0 aliphatic carbocycles. The van der Waals surface area contributed by atoms with Gasteiger partial charge in [0.1, 0.15) is 0 Å². The van der Waals surface area contributed by atoms with Crippen LogP contribution in [0.2, 0.25) is 0 Å². The lowest BCUT2D eigenvalue weighted by atomic mass is 9.93. The van der Waals surface area contributed by atoms with Crippen LogP contribution < -0.4 is 5.69 Å². The Morgan fingerprint density at radius 2 is 2.19 bits per heavy atom. The van der Waals surface area contributed by atoms with Gasteiger partial charge in [0.15, 0.2) is 0 Å². The second-order valence-electron chi connectivity index (χ2n) is 4.42. The van der Waals surface area contributed by atoms with E-state index in [1.165, 1.54) is 17.9 Å². The molecule has 0 N–H and O–H groups in total. The predicted octanol–water partition coefficient (Wildman–Crippen LogP) is 0.751. The highest BCUT2D eigenvalue weighted by atomic mass is 16.5. The fraction of sp³-hybridized carbons (Fsp3) is 0.545. The highest BCUT2D eigenvalue weighted by Gasteiger charge is 2.29. The maximum atomic E-state index is 11.5. The van der Waals surface area contributed by atoms with Crippen molar-refractivity contribution in [3.05, 3.63) is 28.4 Å². The van der Waals surface area contributed by atoms with Crippen molar-refractivity contribution < 1.29 is 9.53 Å². The number of methoxy groups -OCH3 is 1. The summed E-state index contributed by atoms with van der Waals surface area (Å²) in [5.74, 6) is -0.346. The van der Waals surface area contributed by atoms with E-state index in [-0.39, 0.29) is 18.2 Å². The minimum Gasteiger partial charge on any atom is -0.469 e. The van der Waals surface area contributed by atoms with Gasteiger partial charge in [-0.2, -0.15) is 0 Å². The number of aromatic nitrogens is 2. The normalized spacial score (nSPS) is 11.2. The fourth-order valence-corrected chi connectivity index (χ4v) is 1.45. The lowest BCUT2D eigenvalue weighted by Crippen LogP contribution is -2.35. The summed E-state index contributed by atoms with van der Waals surface area (Å²) in [6.07, 6.45) is 3.18. The molecule has 0 unspecified atom stereocenters. The van der Waals surface area contributed by atoms with E-state index in [1.807, 2.05) is 6.92 Å². The molecule has 1 heterocycles.